The highest BCUT2D eigenvalue weighted by Gasteiger charge is 2.35. The van der Waals surface area contributed by atoms with Gasteiger partial charge in [-0.1, -0.05) is 222 Å². The zero-order chi connectivity index (χ0) is 35.5. The lowest BCUT2D eigenvalue weighted by Gasteiger charge is -2.30. The maximum atomic E-state index is 9.71. The van der Waals surface area contributed by atoms with Crippen LogP contribution in [0.3, 0.4) is 0 Å². The fourth-order valence-electron chi connectivity index (χ4n) is 3.74. The highest BCUT2D eigenvalue weighted by molar-refractivity contribution is 7.56. The minimum atomic E-state index is -2.58. The minimum absolute atomic E-state index is 0. The molecule has 350 valence electrons. The molecule has 0 heterocycles. The summed E-state index contributed by atoms with van der Waals surface area (Å²) in [5.41, 5.74) is 3.37. The van der Waals surface area contributed by atoms with E-state index in [0.717, 1.165) is 10.4 Å². The molecule has 0 saturated carbocycles. The van der Waals surface area contributed by atoms with Crippen LogP contribution in [0.5, 0.6) is 0 Å². The molecule has 0 radical (unpaired) electrons. The Labute approximate surface area is 405 Å². The highest BCUT2D eigenvalue weighted by atomic mass is 35.7. The van der Waals surface area contributed by atoms with Gasteiger partial charge in [0.15, 0.2) is 0 Å². The summed E-state index contributed by atoms with van der Waals surface area (Å²) in [5.74, 6) is 0. The Balaban J connectivity index is -0.0000000533. The van der Waals surface area contributed by atoms with Crippen molar-refractivity contribution in [2.24, 2.45) is 0 Å². The van der Waals surface area contributed by atoms with Gasteiger partial charge >= 0.3 is 24.5 Å². The molecule has 3 nitrogen and oxygen atoms in total. The molecule has 59 heavy (non-hydrogen) atoms. The van der Waals surface area contributed by atoms with Gasteiger partial charge in [0.1, 0.15) is 0 Å². The third kappa shape index (κ3) is 38.7. The van der Waals surface area contributed by atoms with Crippen molar-refractivity contribution in [3.63, 3.8) is 0 Å². The summed E-state index contributed by atoms with van der Waals surface area (Å²) >= 11 is 34.3. The number of halogens is 6. The zero-order valence-corrected chi connectivity index (χ0v) is 37.9. The third-order valence-electron chi connectivity index (χ3n) is 5.96. The first kappa shape index (κ1) is 89.3. The Bertz CT molecular complexity index is 1340. The molecule has 0 aliphatic carbocycles. The Hall–Kier alpha value is -0.719. The van der Waals surface area contributed by atoms with E-state index < -0.39 is 47.7 Å². The molecule has 2 unspecified atom stereocenters. The van der Waals surface area contributed by atoms with Gasteiger partial charge in [0.05, 0.1) is 0 Å². The Morgan fingerprint density at radius 2 is 0.729 bits per heavy atom. The van der Waals surface area contributed by atoms with E-state index in [1.165, 1.54) is 10.4 Å². The molecule has 0 aliphatic rings. The number of hydrogen-bond acceptors (Lipinski definition) is 3. The van der Waals surface area contributed by atoms with Gasteiger partial charge in [0.2, 0.25) is 16.5 Å². The van der Waals surface area contributed by atoms with Gasteiger partial charge in [-0.2, -0.15) is 22.2 Å². The Morgan fingerprint density at radius 1 is 0.492 bits per heavy atom. The van der Waals surface area contributed by atoms with Crippen LogP contribution in [0.15, 0.2) is 146 Å². The topological polar surface area (TPSA) is 38.7 Å². The van der Waals surface area contributed by atoms with Crippen LogP contribution in [-0.4, -0.2) is 52.5 Å². The van der Waals surface area contributed by atoms with Crippen LogP contribution in [0.25, 0.3) is 0 Å². The molecular formula is C44H90Cl6O3Si6. The molecule has 4 aromatic rings. The number of rotatable bonds is 10. The van der Waals surface area contributed by atoms with E-state index in [0.29, 0.717) is 0 Å². The van der Waals surface area contributed by atoms with Crippen molar-refractivity contribution in [3.8, 4) is 0 Å². The molecule has 4 rings (SSSR count). The zero-order valence-electron chi connectivity index (χ0n) is 26.9. The van der Waals surface area contributed by atoms with E-state index in [9.17, 15) is 4.80 Å². The second kappa shape index (κ2) is 46.8. The molecule has 0 fully saturated rings. The van der Waals surface area contributed by atoms with E-state index in [2.05, 4.69) is 37.4 Å². The second-order valence-electron chi connectivity index (χ2n) is 10.2. The van der Waals surface area contributed by atoms with Crippen LogP contribution in [0.2, 0.25) is 26.2 Å². The van der Waals surface area contributed by atoms with Gasteiger partial charge in [-0.3, -0.25) is 0 Å². The summed E-state index contributed by atoms with van der Waals surface area (Å²) in [5, 5.41) is 4.45. The molecular weight excluding hydrogens is 958 g/mol. The average Bonchev–Trinajstić information content (AvgIpc) is 3.05. The van der Waals surface area contributed by atoms with Gasteiger partial charge in [0.25, 0.3) is 6.69 Å². The van der Waals surface area contributed by atoms with Crippen LogP contribution < -0.4 is 20.7 Å². The first-order valence-corrected chi connectivity index (χ1v) is 34.0. The molecule has 0 spiro atoms. The maximum Gasteiger partial charge on any atom is 0.342 e. The molecule has 15 heteroatoms. The summed E-state index contributed by atoms with van der Waals surface area (Å²) in [6, 6.07) is 40.2. The largest absolute Gasteiger partial charge is 0.428 e. The van der Waals surface area contributed by atoms with Crippen molar-refractivity contribution < 1.29 is 13.0 Å². The van der Waals surface area contributed by atoms with Crippen molar-refractivity contribution in [1.82, 2.24) is 0 Å². The molecule has 2 atom stereocenters. The fourth-order valence-corrected chi connectivity index (χ4v) is 15.5. The second-order valence-corrected chi connectivity index (χ2v) is 37.4. The number of hydrogen-bond donors (Lipinski definition) is 1. The van der Waals surface area contributed by atoms with Crippen LogP contribution in [0.1, 0.15) is 89.1 Å². The summed E-state index contributed by atoms with van der Waals surface area (Å²) in [4.78, 5) is 9.71. The fraction of sp³-hybridized carbons (Fsp3) is 0.364. The van der Waals surface area contributed by atoms with Crippen molar-refractivity contribution in [2.45, 2.75) is 115 Å². The lowest BCUT2D eigenvalue weighted by Crippen LogP contribution is -2.54. The minimum Gasteiger partial charge on any atom is -0.428 e. The summed E-state index contributed by atoms with van der Waals surface area (Å²) < 4.78 is 12.3. The van der Waals surface area contributed by atoms with Crippen molar-refractivity contribution in [3.05, 3.63) is 146 Å². The lowest BCUT2D eigenvalue weighted by molar-refractivity contribution is 0.361. The predicted octanol–water partition coefficient (Wildman–Crippen LogP) is 15.1. The predicted molar refractivity (Wildman–Crippen MR) is 307 cm³/mol. The third-order valence-corrected chi connectivity index (χ3v) is 21.1. The van der Waals surface area contributed by atoms with Crippen molar-refractivity contribution >= 4 is 135 Å². The van der Waals surface area contributed by atoms with Crippen molar-refractivity contribution in [2.75, 3.05) is 0 Å². The molecule has 0 amide bonds. The standard InChI is InChI=1S/C16H22O3Si3.C12H10Cl2Si.C3H6Cl2Si.CH4Cl2Si.12CH4/c1-4-22(3,18-20(2)17)19-21(15-11-7-5-8-12-15)16-13-9-6-10-14-16;13-15(14,11-7-3-1-4-8-11)12-9-5-2-6-10-12;1-3-6(2,4)5;1-4(2)3;;;;;;;;;;;;/h4-14,17,20-21H,1H2,2-3H3;1-10H;3H,1H2,2H3;4H,1H3;12*1H4. The van der Waals surface area contributed by atoms with Gasteiger partial charge in [0, 0.05) is 0 Å². The Morgan fingerprint density at radius 3 is 0.932 bits per heavy atom. The van der Waals surface area contributed by atoms with Crippen LogP contribution in [0, 0.1) is 0 Å². The number of benzene rings is 4. The molecule has 0 bridgehead atoms. The van der Waals surface area contributed by atoms with Gasteiger partial charge in [-0.15, -0.1) is 57.5 Å². The summed E-state index contributed by atoms with van der Waals surface area (Å²) in [6.07, 6.45) is 0. The molecule has 0 aromatic heterocycles. The quantitative estimate of drug-likeness (QED) is 0.127. The van der Waals surface area contributed by atoms with E-state index in [4.69, 9.17) is 74.7 Å². The first-order chi connectivity index (χ1) is 22.0. The van der Waals surface area contributed by atoms with Crippen molar-refractivity contribution in [1.29, 1.82) is 0 Å². The molecule has 0 aliphatic heterocycles. The lowest BCUT2D eigenvalue weighted by atomic mass is 10.4. The van der Waals surface area contributed by atoms with Crippen LogP contribution in [-0.2, 0) is 8.23 Å². The smallest absolute Gasteiger partial charge is 0.342 e. The SMILES string of the molecule is C.C.C.C.C.C.C.C.C.C.C.C.C=C[Si](C)(Cl)Cl.C=C[Si](C)(O[SiH](C)O)O[SiH](c1ccccc1)c1ccccc1.C[SiH](Cl)Cl.Cl[Si](Cl)(c1ccccc1)c1ccccc1. The van der Waals surface area contributed by atoms with Crippen LogP contribution in [0.4, 0.5) is 0 Å². The molecule has 1 N–H and O–H groups in total. The van der Waals surface area contributed by atoms with Crippen LogP contribution >= 0.6 is 66.5 Å². The summed E-state index contributed by atoms with van der Waals surface area (Å²) in [7, 11) is -7.82. The van der Waals surface area contributed by atoms with Gasteiger partial charge < -0.3 is 13.0 Å². The molecule has 0 saturated heterocycles. The van der Waals surface area contributed by atoms with E-state index in [-0.39, 0.29) is 89.1 Å². The van der Waals surface area contributed by atoms with E-state index in [1.807, 2.05) is 110 Å². The van der Waals surface area contributed by atoms with Gasteiger partial charge in [-0.25, -0.2) is 0 Å². The van der Waals surface area contributed by atoms with E-state index in [1.54, 1.807) is 24.5 Å². The Kier molecular flexibility index (Phi) is 70.8. The highest BCUT2D eigenvalue weighted by Crippen LogP contribution is 2.15. The maximum absolute atomic E-state index is 9.71. The first-order valence-electron chi connectivity index (χ1n) is 14.6. The van der Waals surface area contributed by atoms with E-state index >= 15 is 0 Å². The molecule has 4 aromatic carbocycles. The normalized spacial score (nSPS) is 10.3. The average molecular weight is 1050 g/mol. The monoisotopic (exact) mass is 1040 g/mol. The van der Waals surface area contributed by atoms with Gasteiger partial charge in [-0.05, 0) is 46.9 Å². The summed E-state index contributed by atoms with van der Waals surface area (Å²) in [6.45, 7) is 10.2.